The van der Waals surface area contributed by atoms with Crippen LogP contribution in [-0.4, -0.2) is 28.6 Å². The normalized spacial score (nSPS) is 13.8. The van der Waals surface area contributed by atoms with Gasteiger partial charge in [-0.05, 0) is 31.4 Å². The van der Waals surface area contributed by atoms with Crippen molar-refractivity contribution in [2.75, 3.05) is 11.9 Å². The van der Waals surface area contributed by atoms with Crippen LogP contribution in [0.2, 0.25) is 0 Å². The molecule has 1 aliphatic rings. The van der Waals surface area contributed by atoms with Crippen molar-refractivity contribution in [2.24, 2.45) is 0 Å². The Bertz CT molecular complexity index is 649. The Morgan fingerprint density at radius 1 is 1.36 bits per heavy atom. The highest BCUT2D eigenvalue weighted by Gasteiger charge is 2.27. The summed E-state index contributed by atoms with van der Waals surface area (Å²) in [5, 5.41) is 15.0. The van der Waals surface area contributed by atoms with E-state index in [1.165, 1.54) is 17.6 Å². The van der Waals surface area contributed by atoms with Gasteiger partial charge in [-0.25, -0.2) is 0 Å². The molecule has 22 heavy (non-hydrogen) atoms. The van der Waals surface area contributed by atoms with Gasteiger partial charge in [0.1, 0.15) is 5.01 Å². The van der Waals surface area contributed by atoms with Gasteiger partial charge >= 0.3 is 0 Å². The van der Waals surface area contributed by atoms with Crippen molar-refractivity contribution < 1.29 is 14.0 Å². The van der Waals surface area contributed by atoms with E-state index in [1.807, 2.05) is 0 Å². The summed E-state index contributed by atoms with van der Waals surface area (Å²) in [6.07, 6.45) is 4.64. The first-order chi connectivity index (χ1) is 10.7. The second kappa shape index (κ2) is 6.69. The molecule has 0 unspecified atom stereocenters. The first-order valence-corrected chi connectivity index (χ1v) is 7.99. The minimum Gasteiger partial charge on any atom is -0.459 e. The summed E-state index contributed by atoms with van der Waals surface area (Å²) in [6.45, 7) is 0.413. The monoisotopic (exact) mass is 320 g/mol. The third kappa shape index (κ3) is 3.91. The standard InChI is InChI=1S/C14H16N4O3S/c19-11(16-14-18-17-13(22-14)9-5-6-9)4-1-7-15-12(20)10-3-2-8-21-10/h2-3,8-9H,1,4-7H2,(H,15,20)(H,16,18,19). The molecule has 8 heteroatoms. The molecule has 0 aromatic carbocycles. The van der Waals surface area contributed by atoms with Gasteiger partial charge in [0.2, 0.25) is 11.0 Å². The zero-order chi connectivity index (χ0) is 15.4. The minimum atomic E-state index is -0.274. The number of nitrogens with zero attached hydrogens (tertiary/aromatic N) is 2. The summed E-state index contributed by atoms with van der Waals surface area (Å²) >= 11 is 1.44. The van der Waals surface area contributed by atoms with Crippen molar-refractivity contribution in [1.82, 2.24) is 15.5 Å². The molecule has 1 aliphatic carbocycles. The molecule has 1 saturated carbocycles. The molecule has 0 atom stereocenters. The van der Waals surface area contributed by atoms with Crippen molar-refractivity contribution >= 4 is 28.3 Å². The lowest BCUT2D eigenvalue weighted by molar-refractivity contribution is -0.116. The minimum absolute atomic E-state index is 0.120. The third-order valence-corrected chi connectivity index (χ3v) is 4.23. The van der Waals surface area contributed by atoms with E-state index < -0.39 is 0 Å². The lowest BCUT2D eigenvalue weighted by atomic mass is 10.3. The molecule has 2 N–H and O–H groups in total. The smallest absolute Gasteiger partial charge is 0.286 e. The van der Waals surface area contributed by atoms with Crippen LogP contribution in [0, 0.1) is 0 Å². The summed E-state index contributed by atoms with van der Waals surface area (Å²) in [7, 11) is 0. The Morgan fingerprint density at radius 2 is 2.23 bits per heavy atom. The van der Waals surface area contributed by atoms with E-state index in [4.69, 9.17) is 4.42 Å². The molecule has 2 heterocycles. The molecule has 1 fully saturated rings. The average molecular weight is 320 g/mol. The highest BCUT2D eigenvalue weighted by molar-refractivity contribution is 7.15. The van der Waals surface area contributed by atoms with Gasteiger partial charge in [-0.15, -0.1) is 10.2 Å². The molecule has 0 bridgehead atoms. The number of hydrogen-bond acceptors (Lipinski definition) is 6. The fraction of sp³-hybridized carbons (Fsp3) is 0.429. The fourth-order valence-electron chi connectivity index (χ4n) is 1.91. The lowest BCUT2D eigenvalue weighted by Crippen LogP contribution is -2.25. The van der Waals surface area contributed by atoms with E-state index in [0.717, 1.165) is 17.8 Å². The van der Waals surface area contributed by atoms with Crippen LogP contribution in [0.5, 0.6) is 0 Å². The Balaban J connectivity index is 1.34. The summed E-state index contributed by atoms with van der Waals surface area (Å²) in [5.41, 5.74) is 0. The maximum absolute atomic E-state index is 11.8. The van der Waals surface area contributed by atoms with Gasteiger partial charge in [0.15, 0.2) is 5.76 Å². The average Bonchev–Trinajstić information content (AvgIpc) is 3.02. The summed E-state index contributed by atoms with van der Waals surface area (Å²) in [5.74, 6) is 0.417. The SMILES string of the molecule is O=C(CCCNC(=O)c1ccco1)Nc1nnc(C2CC2)s1. The number of amides is 2. The number of carbonyl (C=O) groups excluding carboxylic acids is 2. The van der Waals surface area contributed by atoms with E-state index in [-0.39, 0.29) is 17.6 Å². The van der Waals surface area contributed by atoms with Crippen LogP contribution in [0.1, 0.15) is 47.2 Å². The topological polar surface area (TPSA) is 97.1 Å². The summed E-state index contributed by atoms with van der Waals surface area (Å²) in [4.78, 5) is 23.4. The number of furan rings is 1. The maximum Gasteiger partial charge on any atom is 0.286 e. The predicted molar refractivity (Wildman–Crippen MR) is 80.8 cm³/mol. The van der Waals surface area contributed by atoms with Crippen LogP contribution in [-0.2, 0) is 4.79 Å². The van der Waals surface area contributed by atoms with E-state index in [9.17, 15) is 9.59 Å². The van der Waals surface area contributed by atoms with Crippen LogP contribution in [0.4, 0.5) is 5.13 Å². The Kier molecular flexibility index (Phi) is 4.47. The van der Waals surface area contributed by atoms with Crippen molar-refractivity contribution in [3.05, 3.63) is 29.2 Å². The number of anilines is 1. The molecule has 2 aromatic rings. The molecular weight excluding hydrogens is 304 g/mol. The zero-order valence-corrected chi connectivity index (χ0v) is 12.7. The molecular formula is C14H16N4O3S. The summed E-state index contributed by atoms with van der Waals surface area (Å²) < 4.78 is 4.97. The van der Waals surface area contributed by atoms with Crippen molar-refractivity contribution in [3.8, 4) is 0 Å². The van der Waals surface area contributed by atoms with Crippen LogP contribution in [0.25, 0.3) is 0 Å². The second-order valence-corrected chi connectivity index (χ2v) is 6.11. The number of hydrogen-bond donors (Lipinski definition) is 2. The fourth-order valence-corrected chi connectivity index (χ4v) is 2.84. The quantitative estimate of drug-likeness (QED) is 0.762. The van der Waals surface area contributed by atoms with E-state index in [2.05, 4.69) is 20.8 Å². The second-order valence-electron chi connectivity index (χ2n) is 5.10. The van der Waals surface area contributed by atoms with E-state index in [0.29, 0.717) is 30.4 Å². The van der Waals surface area contributed by atoms with Crippen LogP contribution >= 0.6 is 11.3 Å². The molecule has 0 saturated heterocycles. The van der Waals surface area contributed by atoms with Gasteiger partial charge in [0.05, 0.1) is 6.26 Å². The lowest BCUT2D eigenvalue weighted by Gasteiger charge is -2.03. The van der Waals surface area contributed by atoms with Crippen LogP contribution in [0.15, 0.2) is 22.8 Å². The molecule has 7 nitrogen and oxygen atoms in total. The van der Waals surface area contributed by atoms with Gasteiger partial charge in [-0.3, -0.25) is 9.59 Å². The molecule has 0 spiro atoms. The van der Waals surface area contributed by atoms with Crippen molar-refractivity contribution in [1.29, 1.82) is 0 Å². The summed E-state index contributed by atoms with van der Waals surface area (Å²) in [6, 6.07) is 3.25. The van der Waals surface area contributed by atoms with E-state index in [1.54, 1.807) is 12.1 Å². The molecule has 3 rings (SSSR count). The van der Waals surface area contributed by atoms with E-state index >= 15 is 0 Å². The van der Waals surface area contributed by atoms with Crippen molar-refractivity contribution in [3.63, 3.8) is 0 Å². The Morgan fingerprint density at radius 3 is 2.95 bits per heavy atom. The Hall–Kier alpha value is -2.22. The third-order valence-electron chi connectivity index (χ3n) is 3.22. The zero-order valence-electron chi connectivity index (χ0n) is 11.9. The first kappa shape index (κ1) is 14.7. The van der Waals surface area contributed by atoms with Crippen LogP contribution < -0.4 is 10.6 Å². The molecule has 116 valence electrons. The van der Waals surface area contributed by atoms with Crippen LogP contribution in [0.3, 0.4) is 0 Å². The van der Waals surface area contributed by atoms with Gasteiger partial charge in [-0.2, -0.15) is 0 Å². The largest absolute Gasteiger partial charge is 0.459 e. The number of rotatable bonds is 7. The van der Waals surface area contributed by atoms with Gasteiger partial charge in [0.25, 0.3) is 5.91 Å². The van der Waals surface area contributed by atoms with Gasteiger partial charge in [0, 0.05) is 18.9 Å². The predicted octanol–water partition coefficient (Wildman–Crippen LogP) is 2.16. The molecule has 2 amide bonds. The van der Waals surface area contributed by atoms with Crippen molar-refractivity contribution in [2.45, 2.75) is 31.6 Å². The first-order valence-electron chi connectivity index (χ1n) is 7.17. The maximum atomic E-state index is 11.8. The number of carbonyl (C=O) groups is 2. The Labute approximate surface area is 131 Å². The highest BCUT2D eigenvalue weighted by atomic mass is 32.1. The molecule has 0 aliphatic heterocycles. The number of nitrogens with one attached hydrogen (secondary N) is 2. The molecule has 2 aromatic heterocycles. The van der Waals surface area contributed by atoms with Gasteiger partial charge < -0.3 is 15.1 Å². The van der Waals surface area contributed by atoms with Gasteiger partial charge in [-0.1, -0.05) is 11.3 Å². The molecule has 0 radical (unpaired) electrons. The number of aromatic nitrogens is 2. The highest BCUT2D eigenvalue weighted by Crippen LogP contribution is 2.42.